The van der Waals surface area contributed by atoms with E-state index in [4.69, 9.17) is 0 Å². The minimum absolute atomic E-state index is 0.436. The Morgan fingerprint density at radius 3 is 1.45 bits per heavy atom. The van der Waals surface area contributed by atoms with Crippen LogP contribution in [0.2, 0.25) is 0 Å². The zero-order valence-corrected chi connectivity index (χ0v) is 14.5. The standard InChI is InChI=1S/C22H28/c1-16(2)20-10-8-19(9-11-20)7-6-18(5)22-14-12-21(13-15-22)17(3)4/h6-18H,1-5H3. The molecule has 0 N–H and O–H groups in total. The predicted molar refractivity (Wildman–Crippen MR) is 98.5 cm³/mol. The van der Waals surface area contributed by atoms with E-state index in [2.05, 4.69) is 95.3 Å². The highest BCUT2D eigenvalue weighted by Gasteiger charge is 2.03. The highest BCUT2D eigenvalue weighted by Crippen LogP contribution is 2.22. The summed E-state index contributed by atoms with van der Waals surface area (Å²) in [5.41, 5.74) is 5.45. The van der Waals surface area contributed by atoms with Crippen LogP contribution in [0.25, 0.3) is 6.08 Å². The number of allylic oxidation sites excluding steroid dienone is 1. The molecule has 0 radical (unpaired) electrons. The molecule has 0 aromatic heterocycles. The fourth-order valence-electron chi connectivity index (χ4n) is 2.54. The number of benzene rings is 2. The first-order chi connectivity index (χ1) is 10.5. The molecule has 0 heterocycles. The van der Waals surface area contributed by atoms with Crippen molar-refractivity contribution in [2.24, 2.45) is 0 Å². The fraction of sp³-hybridized carbons (Fsp3) is 0.364. The van der Waals surface area contributed by atoms with Gasteiger partial charge < -0.3 is 0 Å². The van der Waals surface area contributed by atoms with Crippen molar-refractivity contribution >= 4 is 6.08 Å². The summed E-state index contributed by atoms with van der Waals surface area (Å²) in [6, 6.07) is 17.9. The quantitative estimate of drug-likeness (QED) is 0.571. The first kappa shape index (κ1) is 16.5. The van der Waals surface area contributed by atoms with Gasteiger partial charge in [0.05, 0.1) is 0 Å². The second-order valence-electron chi connectivity index (χ2n) is 6.79. The van der Waals surface area contributed by atoms with Crippen LogP contribution in [0.15, 0.2) is 54.6 Å². The average molecular weight is 292 g/mol. The van der Waals surface area contributed by atoms with E-state index in [0.717, 1.165) is 0 Å². The van der Waals surface area contributed by atoms with Crippen molar-refractivity contribution in [1.82, 2.24) is 0 Å². The van der Waals surface area contributed by atoms with Gasteiger partial charge in [-0.25, -0.2) is 0 Å². The second-order valence-corrected chi connectivity index (χ2v) is 6.79. The van der Waals surface area contributed by atoms with Crippen molar-refractivity contribution in [2.45, 2.75) is 52.4 Å². The van der Waals surface area contributed by atoms with Crippen molar-refractivity contribution in [1.29, 1.82) is 0 Å². The van der Waals surface area contributed by atoms with Crippen LogP contribution >= 0.6 is 0 Å². The topological polar surface area (TPSA) is 0 Å². The van der Waals surface area contributed by atoms with Crippen molar-refractivity contribution in [3.05, 3.63) is 76.9 Å². The van der Waals surface area contributed by atoms with Crippen LogP contribution in [0.5, 0.6) is 0 Å². The summed E-state index contributed by atoms with van der Waals surface area (Å²) in [5, 5.41) is 0. The molecule has 116 valence electrons. The molecule has 0 fully saturated rings. The van der Waals surface area contributed by atoms with E-state index in [1.807, 2.05) is 0 Å². The summed E-state index contributed by atoms with van der Waals surface area (Å²) in [5.74, 6) is 1.63. The van der Waals surface area contributed by atoms with E-state index >= 15 is 0 Å². The molecule has 0 saturated heterocycles. The van der Waals surface area contributed by atoms with Gasteiger partial charge in [-0.05, 0) is 40.0 Å². The van der Waals surface area contributed by atoms with Gasteiger partial charge in [0.25, 0.3) is 0 Å². The SMILES string of the molecule is CC(C)c1ccc(C=CC(C)c2ccc(C(C)C)cc2)cc1. The zero-order valence-electron chi connectivity index (χ0n) is 14.5. The maximum absolute atomic E-state index is 2.29. The Morgan fingerprint density at radius 2 is 1.00 bits per heavy atom. The van der Waals surface area contributed by atoms with Gasteiger partial charge in [0.1, 0.15) is 0 Å². The van der Waals surface area contributed by atoms with Crippen LogP contribution in [-0.2, 0) is 0 Å². The van der Waals surface area contributed by atoms with Gasteiger partial charge in [0.2, 0.25) is 0 Å². The van der Waals surface area contributed by atoms with Crippen molar-refractivity contribution in [2.75, 3.05) is 0 Å². The highest BCUT2D eigenvalue weighted by atomic mass is 14.1. The van der Waals surface area contributed by atoms with Gasteiger partial charge in [-0.2, -0.15) is 0 Å². The summed E-state index contributed by atoms with van der Waals surface area (Å²) in [6.07, 6.45) is 4.51. The Labute approximate surface area is 135 Å². The van der Waals surface area contributed by atoms with Gasteiger partial charge in [0, 0.05) is 0 Å². The lowest BCUT2D eigenvalue weighted by molar-refractivity contribution is 0.862. The predicted octanol–water partition coefficient (Wildman–Crippen LogP) is 6.75. The fourth-order valence-corrected chi connectivity index (χ4v) is 2.54. The van der Waals surface area contributed by atoms with E-state index < -0.39 is 0 Å². The molecule has 0 nitrogen and oxygen atoms in total. The average Bonchev–Trinajstić information content (AvgIpc) is 2.53. The lowest BCUT2D eigenvalue weighted by Crippen LogP contribution is -1.92. The van der Waals surface area contributed by atoms with Gasteiger partial charge in [-0.1, -0.05) is 95.3 Å². The van der Waals surface area contributed by atoms with E-state index in [1.54, 1.807) is 0 Å². The Kier molecular flexibility index (Phi) is 5.60. The Balaban J connectivity index is 2.05. The lowest BCUT2D eigenvalue weighted by atomic mass is 9.95. The smallest absolute Gasteiger partial charge is 0.000710 e. The van der Waals surface area contributed by atoms with E-state index in [9.17, 15) is 0 Å². The molecule has 1 atom stereocenters. The molecular formula is C22H28. The van der Waals surface area contributed by atoms with Crippen LogP contribution in [0, 0.1) is 0 Å². The van der Waals surface area contributed by atoms with Gasteiger partial charge >= 0.3 is 0 Å². The van der Waals surface area contributed by atoms with Crippen LogP contribution in [0.1, 0.15) is 74.6 Å². The van der Waals surface area contributed by atoms with Crippen LogP contribution in [0.3, 0.4) is 0 Å². The first-order valence-corrected chi connectivity index (χ1v) is 8.35. The van der Waals surface area contributed by atoms with Crippen LogP contribution < -0.4 is 0 Å². The third-order valence-corrected chi connectivity index (χ3v) is 4.31. The lowest BCUT2D eigenvalue weighted by Gasteiger charge is -2.10. The molecule has 2 aromatic carbocycles. The molecule has 0 heteroatoms. The molecule has 0 amide bonds. The van der Waals surface area contributed by atoms with Crippen molar-refractivity contribution < 1.29 is 0 Å². The molecular weight excluding hydrogens is 264 g/mol. The molecule has 1 unspecified atom stereocenters. The molecule has 0 aliphatic rings. The zero-order chi connectivity index (χ0) is 16.1. The second kappa shape index (κ2) is 7.45. The van der Waals surface area contributed by atoms with E-state index in [1.165, 1.54) is 22.3 Å². The summed E-state index contributed by atoms with van der Waals surface area (Å²) in [6.45, 7) is 11.2. The molecule has 0 aliphatic heterocycles. The van der Waals surface area contributed by atoms with Gasteiger partial charge in [0.15, 0.2) is 0 Å². The molecule has 22 heavy (non-hydrogen) atoms. The van der Waals surface area contributed by atoms with Crippen molar-refractivity contribution in [3.63, 3.8) is 0 Å². The third kappa shape index (κ3) is 4.34. The maximum atomic E-state index is 2.29. The van der Waals surface area contributed by atoms with Gasteiger partial charge in [-0.3, -0.25) is 0 Å². The number of rotatable bonds is 5. The van der Waals surface area contributed by atoms with Gasteiger partial charge in [-0.15, -0.1) is 0 Å². The summed E-state index contributed by atoms with van der Waals surface area (Å²) < 4.78 is 0. The van der Waals surface area contributed by atoms with E-state index in [-0.39, 0.29) is 0 Å². The molecule has 0 bridgehead atoms. The summed E-state index contributed by atoms with van der Waals surface area (Å²) in [4.78, 5) is 0. The van der Waals surface area contributed by atoms with Crippen LogP contribution in [-0.4, -0.2) is 0 Å². The number of hydrogen-bond acceptors (Lipinski definition) is 0. The Hall–Kier alpha value is -1.82. The molecule has 2 aromatic rings. The maximum Gasteiger partial charge on any atom is -0.000710 e. The van der Waals surface area contributed by atoms with Crippen molar-refractivity contribution in [3.8, 4) is 0 Å². The van der Waals surface area contributed by atoms with E-state index in [0.29, 0.717) is 17.8 Å². The normalized spacial score (nSPS) is 13.2. The molecule has 0 aliphatic carbocycles. The third-order valence-electron chi connectivity index (χ3n) is 4.31. The highest BCUT2D eigenvalue weighted by molar-refractivity contribution is 5.51. The molecule has 0 saturated carbocycles. The summed E-state index contributed by atoms with van der Waals surface area (Å²) >= 11 is 0. The Bertz CT molecular complexity index is 597. The van der Waals surface area contributed by atoms with Crippen LogP contribution in [0.4, 0.5) is 0 Å². The first-order valence-electron chi connectivity index (χ1n) is 8.35. The Morgan fingerprint density at radius 1 is 0.591 bits per heavy atom. The minimum atomic E-state index is 0.436. The molecule has 2 rings (SSSR count). The summed E-state index contributed by atoms with van der Waals surface area (Å²) in [7, 11) is 0. The number of hydrogen-bond donors (Lipinski definition) is 0. The molecule has 0 spiro atoms. The largest absolute Gasteiger partial charge is 0.0767 e. The monoisotopic (exact) mass is 292 g/mol. The minimum Gasteiger partial charge on any atom is -0.0767 e.